The number of rotatable bonds is 5. The summed E-state index contributed by atoms with van der Waals surface area (Å²) in [6.45, 7) is 7.81. The molecule has 0 bridgehead atoms. The van der Waals surface area contributed by atoms with E-state index in [1.54, 1.807) is 0 Å². The van der Waals surface area contributed by atoms with Crippen molar-refractivity contribution in [2.24, 2.45) is 11.3 Å². The highest BCUT2D eigenvalue weighted by molar-refractivity contribution is 5.01. The van der Waals surface area contributed by atoms with Crippen LogP contribution in [0.3, 0.4) is 0 Å². The van der Waals surface area contributed by atoms with Crippen LogP contribution in [-0.2, 0) is 4.74 Å². The zero-order chi connectivity index (χ0) is 16.8. The highest BCUT2D eigenvalue weighted by atomic mass is 19.3. The minimum Gasteiger partial charge on any atom is -0.378 e. The molecular weight excluding hydrogens is 298 g/mol. The van der Waals surface area contributed by atoms with Gasteiger partial charge in [-0.25, -0.2) is 17.6 Å². The van der Waals surface area contributed by atoms with Crippen LogP contribution in [0.25, 0.3) is 0 Å². The van der Waals surface area contributed by atoms with E-state index in [0.29, 0.717) is 6.61 Å². The maximum atomic E-state index is 13.3. The van der Waals surface area contributed by atoms with Crippen LogP contribution in [0, 0.1) is 11.3 Å². The Balaban J connectivity index is 0.000000745. The molecule has 6 heteroatoms. The highest BCUT2D eigenvalue weighted by Crippen LogP contribution is 2.52. The summed E-state index contributed by atoms with van der Waals surface area (Å²) >= 11 is 0. The van der Waals surface area contributed by atoms with Gasteiger partial charge in [-0.15, -0.1) is 0 Å². The zero-order valence-corrected chi connectivity index (χ0v) is 13.9. The van der Waals surface area contributed by atoms with Gasteiger partial charge in [-0.3, -0.25) is 0 Å². The molecule has 2 aliphatic rings. The number of likely N-dealkylation sites (tertiary alicyclic amines) is 1. The Morgan fingerprint density at radius 2 is 1.64 bits per heavy atom. The maximum Gasteiger partial charge on any atom is 0.249 e. The van der Waals surface area contributed by atoms with Crippen LogP contribution < -0.4 is 0 Å². The zero-order valence-electron chi connectivity index (χ0n) is 13.9. The molecule has 0 atom stereocenters. The van der Waals surface area contributed by atoms with Crippen molar-refractivity contribution in [2.45, 2.75) is 58.5 Å². The van der Waals surface area contributed by atoms with E-state index in [0.717, 1.165) is 25.6 Å². The summed E-state index contributed by atoms with van der Waals surface area (Å²) in [7, 11) is 0. The van der Waals surface area contributed by atoms with Gasteiger partial charge in [0, 0.05) is 24.8 Å². The van der Waals surface area contributed by atoms with Crippen molar-refractivity contribution in [3.8, 4) is 0 Å². The van der Waals surface area contributed by atoms with Gasteiger partial charge < -0.3 is 9.64 Å². The van der Waals surface area contributed by atoms with Crippen LogP contribution in [0.1, 0.15) is 46.5 Å². The van der Waals surface area contributed by atoms with Crippen molar-refractivity contribution >= 4 is 0 Å². The number of halogens is 4. The van der Waals surface area contributed by atoms with E-state index in [4.69, 9.17) is 4.74 Å². The van der Waals surface area contributed by atoms with Crippen molar-refractivity contribution < 1.29 is 22.3 Å². The lowest BCUT2D eigenvalue weighted by Gasteiger charge is -2.50. The monoisotopic (exact) mass is 327 g/mol. The van der Waals surface area contributed by atoms with Gasteiger partial charge in [0.05, 0.1) is 12.7 Å². The Labute approximate surface area is 131 Å². The molecule has 0 amide bonds. The second-order valence-corrected chi connectivity index (χ2v) is 7.13. The largest absolute Gasteiger partial charge is 0.378 e. The van der Waals surface area contributed by atoms with Crippen LogP contribution >= 0.6 is 0 Å². The first-order valence-electron chi connectivity index (χ1n) is 8.06. The average molecular weight is 327 g/mol. The standard InChI is InChI=1S/C15H27F2NO.CH2F2/c1-12(2)19-11-14(8-15(16,17)9-14)10-18-6-4-13(3)5-7-18;2-1-3/h12-13H,4-11H2,1-3H3;1H2. The van der Waals surface area contributed by atoms with Crippen LogP contribution in [0.2, 0.25) is 0 Å². The molecule has 0 aromatic rings. The SMILES string of the molecule is CC1CCN(CC2(COC(C)C)CC(F)(F)C2)CC1.FCF. The van der Waals surface area contributed by atoms with E-state index >= 15 is 0 Å². The minimum atomic E-state index is -2.47. The average Bonchev–Trinajstić information content (AvgIpc) is 2.38. The van der Waals surface area contributed by atoms with E-state index in [9.17, 15) is 17.6 Å². The van der Waals surface area contributed by atoms with E-state index in [2.05, 4.69) is 11.8 Å². The summed E-state index contributed by atoms with van der Waals surface area (Å²) in [6, 6.07) is 0. The summed E-state index contributed by atoms with van der Waals surface area (Å²) in [6.07, 6.45) is 2.50. The lowest BCUT2D eigenvalue weighted by Crippen LogP contribution is -2.56. The summed E-state index contributed by atoms with van der Waals surface area (Å²) < 4.78 is 51.5. The Hall–Kier alpha value is -0.360. The van der Waals surface area contributed by atoms with Crippen molar-refractivity contribution in [1.82, 2.24) is 4.90 Å². The topological polar surface area (TPSA) is 12.5 Å². The molecular formula is C16H29F4NO. The molecule has 22 heavy (non-hydrogen) atoms. The molecule has 1 heterocycles. The second-order valence-electron chi connectivity index (χ2n) is 7.13. The van der Waals surface area contributed by atoms with Crippen molar-refractivity contribution in [1.29, 1.82) is 0 Å². The number of ether oxygens (including phenoxy) is 1. The molecule has 1 aliphatic carbocycles. The first-order valence-corrected chi connectivity index (χ1v) is 8.06. The van der Waals surface area contributed by atoms with Crippen molar-refractivity contribution in [3.63, 3.8) is 0 Å². The van der Waals surface area contributed by atoms with Gasteiger partial charge in [0.1, 0.15) is 0 Å². The highest BCUT2D eigenvalue weighted by Gasteiger charge is 2.57. The Morgan fingerprint density at radius 1 is 1.14 bits per heavy atom. The fourth-order valence-corrected chi connectivity index (χ4v) is 3.34. The third-order valence-corrected chi connectivity index (χ3v) is 4.43. The second kappa shape index (κ2) is 8.48. The smallest absolute Gasteiger partial charge is 0.249 e. The van der Waals surface area contributed by atoms with Gasteiger partial charge in [-0.2, -0.15) is 0 Å². The number of hydrogen-bond donors (Lipinski definition) is 0. The number of nitrogens with zero attached hydrogens (tertiary/aromatic N) is 1. The van der Waals surface area contributed by atoms with Crippen molar-refractivity contribution in [3.05, 3.63) is 0 Å². The van der Waals surface area contributed by atoms with Crippen LogP contribution in [0.5, 0.6) is 0 Å². The van der Waals surface area contributed by atoms with E-state index in [-0.39, 0.29) is 24.4 Å². The summed E-state index contributed by atoms with van der Waals surface area (Å²) in [4.78, 5) is 2.36. The minimum absolute atomic E-state index is 0.00122. The third kappa shape index (κ3) is 6.41. The third-order valence-electron chi connectivity index (χ3n) is 4.43. The molecule has 2 nitrogen and oxygen atoms in total. The van der Waals surface area contributed by atoms with Gasteiger partial charge in [-0.1, -0.05) is 6.92 Å². The summed E-state index contributed by atoms with van der Waals surface area (Å²) in [5, 5.41) is 0. The van der Waals surface area contributed by atoms with Gasteiger partial charge in [0.15, 0.2) is 0 Å². The van der Waals surface area contributed by atoms with Crippen LogP contribution in [0.4, 0.5) is 17.6 Å². The molecule has 1 saturated carbocycles. The molecule has 0 aromatic heterocycles. The van der Waals surface area contributed by atoms with E-state index < -0.39 is 12.9 Å². The van der Waals surface area contributed by atoms with Crippen LogP contribution in [0.15, 0.2) is 0 Å². The van der Waals surface area contributed by atoms with E-state index in [1.165, 1.54) is 12.8 Å². The van der Waals surface area contributed by atoms with E-state index in [1.807, 2.05) is 13.8 Å². The lowest BCUT2D eigenvalue weighted by atomic mass is 9.66. The molecule has 0 radical (unpaired) electrons. The first-order chi connectivity index (χ1) is 10.2. The Bertz CT molecular complexity index is 309. The predicted molar refractivity (Wildman–Crippen MR) is 79.6 cm³/mol. The number of piperidine rings is 1. The van der Waals surface area contributed by atoms with Gasteiger partial charge >= 0.3 is 0 Å². The quantitative estimate of drug-likeness (QED) is 0.692. The van der Waals surface area contributed by atoms with Gasteiger partial charge in [0.25, 0.3) is 0 Å². The Morgan fingerprint density at radius 3 is 2.05 bits per heavy atom. The number of hydrogen-bond acceptors (Lipinski definition) is 2. The molecule has 1 aliphatic heterocycles. The molecule has 0 aromatic carbocycles. The molecule has 132 valence electrons. The normalized spacial score (nSPS) is 24.5. The number of alkyl halides is 4. The molecule has 2 rings (SSSR count). The Kier molecular flexibility index (Phi) is 7.59. The molecule has 2 fully saturated rings. The predicted octanol–water partition coefficient (Wildman–Crippen LogP) is 4.44. The summed E-state index contributed by atoms with van der Waals surface area (Å²) in [5.74, 6) is -1.69. The maximum absolute atomic E-state index is 13.3. The molecule has 0 N–H and O–H groups in total. The summed E-state index contributed by atoms with van der Waals surface area (Å²) in [5.41, 5.74) is -0.311. The lowest BCUT2D eigenvalue weighted by molar-refractivity contribution is -0.195. The fourth-order valence-electron chi connectivity index (χ4n) is 3.34. The van der Waals surface area contributed by atoms with Crippen LogP contribution in [-0.4, -0.2) is 50.1 Å². The van der Waals surface area contributed by atoms with Crippen molar-refractivity contribution in [2.75, 3.05) is 33.2 Å². The first kappa shape index (κ1) is 19.7. The van der Waals surface area contributed by atoms with Gasteiger partial charge in [-0.05, 0) is 45.7 Å². The van der Waals surface area contributed by atoms with Gasteiger partial charge in [0.2, 0.25) is 12.9 Å². The molecule has 1 saturated heterocycles. The molecule has 0 unspecified atom stereocenters. The fraction of sp³-hybridized carbons (Fsp3) is 1.00. The molecule has 0 spiro atoms.